The van der Waals surface area contributed by atoms with Crippen molar-refractivity contribution in [3.63, 3.8) is 0 Å². The Kier molecular flexibility index (Phi) is 5.50. The van der Waals surface area contributed by atoms with Gasteiger partial charge in [-0.1, -0.05) is 11.6 Å². The first-order chi connectivity index (χ1) is 12.5. The van der Waals surface area contributed by atoms with E-state index < -0.39 is 45.4 Å². The van der Waals surface area contributed by atoms with Crippen molar-refractivity contribution in [2.75, 3.05) is 0 Å². The Labute approximate surface area is 156 Å². The second kappa shape index (κ2) is 7.31. The maximum Gasteiger partial charge on any atom is 0.353 e. The number of ether oxygens (including phenoxy) is 1. The number of hydrogen-bond donors (Lipinski definition) is 0. The number of halogens is 2. The molecule has 0 amide bonds. The number of aromatic nitrogens is 2. The van der Waals surface area contributed by atoms with Gasteiger partial charge in [0.2, 0.25) is 0 Å². The van der Waals surface area contributed by atoms with Crippen LogP contribution in [0.25, 0.3) is 5.69 Å². The van der Waals surface area contributed by atoms with E-state index in [0.29, 0.717) is 0 Å². The molecule has 0 aliphatic rings. The second-order valence-electron chi connectivity index (χ2n) is 5.91. The molecule has 1 aromatic carbocycles. The van der Waals surface area contributed by atoms with Crippen LogP contribution in [0.3, 0.4) is 0 Å². The Balaban J connectivity index is 2.88. The smallest absolute Gasteiger partial charge is 0.353 e. The Hall–Kier alpha value is -3.01. The molecule has 1 aromatic heterocycles. The molecule has 0 saturated carbocycles. The highest BCUT2D eigenvalue weighted by atomic mass is 35.5. The number of hydrogen-bond acceptors (Lipinski definition) is 6. The van der Waals surface area contributed by atoms with Crippen molar-refractivity contribution in [2.45, 2.75) is 26.9 Å². The Morgan fingerprint density at radius 2 is 1.93 bits per heavy atom. The van der Waals surface area contributed by atoms with Crippen LogP contribution in [-0.2, 0) is 11.8 Å². The minimum atomic E-state index is -1.33. The molecule has 0 N–H and O–H groups in total. The van der Waals surface area contributed by atoms with Gasteiger partial charge in [0.15, 0.2) is 0 Å². The zero-order valence-corrected chi connectivity index (χ0v) is 15.5. The monoisotopic (exact) mass is 399 g/mol. The summed E-state index contributed by atoms with van der Waals surface area (Å²) in [5.41, 5.74) is -4.38. The summed E-state index contributed by atoms with van der Waals surface area (Å²) in [4.78, 5) is 47.3. The standard InChI is InChI=1S/C16H15ClFN3O6/c1-7(2)27-15(23)9-5-12(11(18)6-10(9)17)20-14(22)13(21(25)26)8(3)19(4)16(20)24/h5-7H,1-4H3. The van der Waals surface area contributed by atoms with Crippen molar-refractivity contribution >= 4 is 23.3 Å². The third-order valence-corrected chi connectivity index (χ3v) is 4.07. The number of nitro groups is 1. The van der Waals surface area contributed by atoms with Crippen molar-refractivity contribution in [1.82, 2.24) is 9.13 Å². The lowest BCUT2D eigenvalue weighted by atomic mass is 10.2. The molecule has 27 heavy (non-hydrogen) atoms. The van der Waals surface area contributed by atoms with Gasteiger partial charge in [-0.3, -0.25) is 19.5 Å². The van der Waals surface area contributed by atoms with Crippen LogP contribution in [0, 0.1) is 22.9 Å². The largest absolute Gasteiger partial charge is 0.459 e. The molecular weight excluding hydrogens is 385 g/mol. The molecule has 0 aliphatic heterocycles. The van der Waals surface area contributed by atoms with E-state index >= 15 is 0 Å². The number of rotatable bonds is 4. The van der Waals surface area contributed by atoms with E-state index in [1.54, 1.807) is 13.8 Å². The fraction of sp³-hybridized carbons (Fsp3) is 0.312. The Morgan fingerprint density at radius 3 is 2.44 bits per heavy atom. The van der Waals surface area contributed by atoms with E-state index in [4.69, 9.17) is 16.3 Å². The van der Waals surface area contributed by atoms with Crippen LogP contribution in [0.4, 0.5) is 10.1 Å². The second-order valence-corrected chi connectivity index (χ2v) is 6.32. The summed E-state index contributed by atoms with van der Waals surface area (Å²) in [6.45, 7) is 4.38. The first kappa shape index (κ1) is 20.3. The molecule has 144 valence electrons. The minimum Gasteiger partial charge on any atom is -0.459 e. The molecular formula is C16H15ClFN3O6. The quantitative estimate of drug-likeness (QED) is 0.442. The van der Waals surface area contributed by atoms with Gasteiger partial charge in [0.05, 0.1) is 27.3 Å². The van der Waals surface area contributed by atoms with Crippen LogP contribution in [0.1, 0.15) is 29.9 Å². The number of carbonyl (C=O) groups is 1. The third kappa shape index (κ3) is 3.61. The van der Waals surface area contributed by atoms with Gasteiger partial charge in [0.25, 0.3) is 0 Å². The van der Waals surface area contributed by atoms with Gasteiger partial charge in [-0.25, -0.2) is 18.5 Å². The molecule has 11 heteroatoms. The van der Waals surface area contributed by atoms with E-state index in [-0.39, 0.29) is 20.8 Å². The number of nitrogens with zero attached hydrogens (tertiary/aromatic N) is 3. The van der Waals surface area contributed by atoms with Gasteiger partial charge in [0, 0.05) is 7.05 Å². The number of carbonyl (C=O) groups excluding carboxylic acids is 1. The van der Waals surface area contributed by atoms with Crippen molar-refractivity contribution in [1.29, 1.82) is 0 Å². The van der Waals surface area contributed by atoms with E-state index in [0.717, 1.165) is 16.7 Å². The average Bonchev–Trinajstić information content (AvgIpc) is 2.53. The number of esters is 1. The molecule has 1 heterocycles. The maximum absolute atomic E-state index is 14.5. The zero-order valence-electron chi connectivity index (χ0n) is 14.8. The third-order valence-electron chi connectivity index (χ3n) is 3.75. The summed E-state index contributed by atoms with van der Waals surface area (Å²) in [5, 5.41) is 10.9. The van der Waals surface area contributed by atoms with E-state index in [9.17, 15) is 28.9 Å². The van der Waals surface area contributed by atoms with E-state index in [1.165, 1.54) is 14.0 Å². The highest BCUT2D eigenvalue weighted by molar-refractivity contribution is 6.33. The Morgan fingerprint density at radius 1 is 1.33 bits per heavy atom. The van der Waals surface area contributed by atoms with Gasteiger partial charge >= 0.3 is 22.9 Å². The summed E-state index contributed by atoms with van der Waals surface area (Å²) in [6, 6.07) is 1.58. The molecule has 0 bridgehead atoms. The lowest BCUT2D eigenvalue weighted by Gasteiger charge is -2.13. The van der Waals surface area contributed by atoms with E-state index in [1.807, 2.05) is 0 Å². The topological polar surface area (TPSA) is 113 Å². The fourth-order valence-electron chi connectivity index (χ4n) is 2.37. The molecule has 0 saturated heterocycles. The van der Waals surface area contributed by atoms with Crippen LogP contribution < -0.4 is 11.2 Å². The summed E-state index contributed by atoms with van der Waals surface area (Å²) in [6.07, 6.45) is -0.502. The summed E-state index contributed by atoms with van der Waals surface area (Å²) >= 11 is 5.87. The molecule has 0 aliphatic carbocycles. The molecule has 2 rings (SSSR count). The van der Waals surface area contributed by atoms with E-state index in [2.05, 4.69) is 0 Å². The predicted octanol–water partition coefficient (Wildman–Crippen LogP) is 2.11. The summed E-state index contributed by atoms with van der Waals surface area (Å²) in [5.74, 6) is -2.01. The lowest BCUT2D eigenvalue weighted by molar-refractivity contribution is -0.387. The average molecular weight is 400 g/mol. The van der Waals surface area contributed by atoms with Crippen LogP contribution in [0.15, 0.2) is 21.7 Å². The lowest BCUT2D eigenvalue weighted by Crippen LogP contribution is -2.40. The predicted molar refractivity (Wildman–Crippen MR) is 94.2 cm³/mol. The molecule has 9 nitrogen and oxygen atoms in total. The van der Waals surface area contributed by atoms with Gasteiger partial charge in [0.1, 0.15) is 11.5 Å². The van der Waals surface area contributed by atoms with Gasteiger partial charge < -0.3 is 4.74 Å². The summed E-state index contributed by atoms with van der Waals surface area (Å²) < 4.78 is 20.6. The van der Waals surface area contributed by atoms with Crippen LogP contribution >= 0.6 is 11.6 Å². The zero-order chi connectivity index (χ0) is 20.6. The van der Waals surface area contributed by atoms with Crippen molar-refractivity contribution in [3.05, 3.63) is 65.2 Å². The highest BCUT2D eigenvalue weighted by Gasteiger charge is 2.27. The van der Waals surface area contributed by atoms with Crippen molar-refractivity contribution < 1.29 is 18.8 Å². The normalized spacial score (nSPS) is 10.9. The van der Waals surface area contributed by atoms with Crippen molar-refractivity contribution in [2.24, 2.45) is 7.05 Å². The van der Waals surface area contributed by atoms with Gasteiger partial charge in [-0.15, -0.1) is 0 Å². The van der Waals surface area contributed by atoms with Gasteiger partial charge in [-0.2, -0.15) is 0 Å². The fourth-order valence-corrected chi connectivity index (χ4v) is 2.59. The van der Waals surface area contributed by atoms with Crippen molar-refractivity contribution in [3.8, 4) is 5.69 Å². The first-order valence-corrected chi connectivity index (χ1v) is 8.02. The molecule has 0 atom stereocenters. The summed E-state index contributed by atoms with van der Waals surface area (Å²) in [7, 11) is 1.20. The SMILES string of the molecule is Cc1c([N+](=O)[O-])c(=O)n(-c2cc(C(=O)OC(C)C)c(Cl)cc2F)c(=O)n1C. The van der Waals surface area contributed by atoms with Crippen LogP contribution in [-0.4, -0.2) is 26.1 Å². The van der Waals surface area contributed by atoms with Crippen LogP contribution in [0.5, 0.6) is 0 Å². The molecule has 0 unspecified atom stereocenters. The van der Waals surface area contributed by atoms with Gasteiger partial charge in [-0.05, 0) is 32.9 Å². The molecule has 0 fully saturated rings. The Bertz CT molecular complexity index is 1070. The maximum atomic E-state index is 14.5. The molecule has 2 aromatic rings. The molecule has 0 radical (unpaired) electrons. The highest BCUT2D eigenvalue weighted by Crippen LogP contribution is 2.24. The number of benzene rings is 1. The molecule has 0 spiro atoms. The first-order valence-electron chi connectivity index (χ1n) is 7.64. The van der Waals surface area contributed by atoms with Crippen LogP contribution in [0.2, 0.25) is 5.02 Å². The minimum absolute atomic E-state index is 0.194.